The Morgan fingerprint density at radius 3 is 2.18 bits per heavy atom. The molecule has 0 aromatic rings. The summed E-state index contributed by atoms with van der Waals surface area (Å²) in [6.07, 6.45) is 0. The van der Waals surface area contributed by atoms with Crippen molar-refractivity contribution in [2.45, 2.75) is 0 Å². The first-order valence-corrected chi connectivity index (χ1v) is 4.22. The van der Waals surface area contributed by atoms with E-state index in [9.17, 15) is 0 Å². The van der Waals surface area contributed by atoms with Crippen LogP contribution in [-0.4, -0.2) is 56.2 Å². The molecule has 0 spiro atoms. The van der Waals surface area contributed by atoms with Gasteiger partial charge < -0.3 is 9.80 Å². The van der Waals surface area contributed by atoms with Crippen LogP contribution >= 0.6 is 12.6 Å². The standard InChI is InChI=1S/C7H17N3S/c1-8-7(9(2)3)10(4)5-6-11/h11H,5-6H2,1-4H3. The Bertz CT molecular complexity index is 134. The van der Waals surface area contributed by atoms with Gasteiger partial charge in [0.25, 0.3) is 0 Å². The van der Waals surface area contributed by atoms with Gasteiger partial charge in [0.1, 0.15) is 0 Å². The Morgan fingerprint density at radius 2 is 1.91 bits per heavy atom. The maximum atomic E-state index is 4.15. The number of hydrogen-bond acceptors (Lipinski definition) is 2. The van der Waals surface area contributed by atoms with Crippen LogP contribution in [-0.2, 0) is 0 Å². The molecule has 0 saturated heterocycles. The third kappa shape index (κ3) is 3.51. The van der Waals surface area contributed by atoms with Crippen molar-refractivity contribution in [3.8, 4) is 0 Å². The SMILES string of the molecule is CN=C(N(C)C)N(C)CCS. The molecule has 0 bridgehead atoms. The van der Waals surface area contributed by atoms with Crippen LogP contribution < -0.4 is 0 Å². The van der Waals surface area contributed by atoms with Crippen LogP contribution in [0, 0.1) is 0 Å². The van der Waals surface area contributed by atoms with Crippen molar-refractivity contribution >= 4 is 18.6 Å². The van der Waals surface area contributed by atoms with E-state index in [-0.39, 0.29) is 0 Å². The van der Waals surface area contributed by atoms with Gasteiger partial charge in [-0.05, 0) is 0 Å². The topological polar surface area (TPSA) is 18.8 Å². The average Bonchev–Trinajstić information content (AvgIpc) is 1.88. The van der Waals surface area contributed by atoms with Gasteiger partial charge in [0.15, 0.2) is 5.96 Å². The molecule has 0 aliphatic carbocycles. The molecule has 0 unspecified atom stereocenters. The summed E-state index contributed by atoms with van der Waals surface area (Å²) in [5.41, 5.74) is 0. The summed E-state index contributed by atoms with van der Waals surface area (Å²) in [5, 5.41) is 0. The molecule has 0 aliphatic heterocycles. The van der Waals surface area contributed by atoms with Crippen molar-refractivity contribution in [1.29, 1.82) is 0 Å². The highest BCUT2D eigenvalue weighted by molar-refractivity contribution is 7.80. The van der Waals surface area contributed by atoms with E-state index in [1.165, 1.54) is 0 Å². The molecule has 0 radical (unpaired) electrons. The zero-order valence-corrected chi connectivity index (χ0v) is 8.60. The summed E-state index contributed by atoms with van der Waals surface area (Å²) in [6.45, 7) is 0.925. The molecule has 0 rings (SSSR count). The van der Waals surface area contributed by atoms with Crippen molar-refractivity contribution in [2.24, 2.45) is 4.99 Å². The highest BCUT2D eigenvalue weighted by Crippen LogP contribution is 1.91. The Labute approximate surface area is 74.5 Å². The molecular formula is C7H17N3S. The van der Waals surface area contributed by atoms with Gasteiger partial charge in [-0.2, -0.15) is 12.6 Å². The smallest absolute Gasteiger partial charge is 0.195 e. The summed E-state index contributed by atoms with van der Waals surface area (Å²) >= 11 is 4.15. The van der Waals surface area contributed by atoms with Crippen LogP contribution in [0.5, 0.6) is 0 Å². The van der Waals surface area contributed by atoms with Gasteiger partial charge in [0, 0.05) is 40.5 Å². The van der Waals surface area contributed by atoms with E-state index in [1.807, 2.05) is 26.0 Å². The molecule has 0 aliphatic rings. The monoisotopic (exact) mass is 175 g/mol. The van der Waals surface area contributed by atoms with Gasteiger partial charge in [0.2, 0.25) is 0 Å². The maximum Gasteiger partial charge on any atom is 0.195 e. The molecule has 11 heavy (non-hydrogen) atoms. The minimum atomic E-state index is 0.851. The molecule has 0 atom stereocenters. The molecule has 4 heteroatoms. The van der Waals surface area contributed by atoms with Crippen LogP contribution in [0.1, 0.15) is 0 Å². The van der Waals surface area contributed by atoms with E-state index in [2.05, 4.69) is 22.5 Å². The van der Waals surface area contributed by atoms with Crippen LogP contribution in [0.25, 0.3) is 0 Å². The molecule has 0 amide bonds. The molecule has 0 saturated carbocycles. The van der Waals surface area contributed by atoms with Crippen LogP contribution in [0.3, 0.4) is 0 Å². The predicted molar refractivity (Wildman–Crippen MR) is 53.5 cm³/mol. The average molecular weight is 175 g/mol. The number of aliphatic imine (C=N–C) groups is 1. The van der Waals surface area contributed by atoms with E-state index >= 15 is 0 Å². The van der Waals surface area contributed by atoms with Crippen molar-refractivity contribution in [2.75, 3.05) is 40.5 Å². The Balaban J connectivity index is 4.04. The largest absolute Gasteiger partial charge is 0.349 e. The van der Waals surface area contributed by atoms with E-state index in [1.54, 1.807) is 7.05 Å². The second kappa shape index (κ2) is 5.29. The Hall–Kier alpha value is -0.380. The molecule has 0 aromatic heterocycles. The van der Waals surface area contributed by atoms with E-state index < -0.39 is 0 Å². The fourth-order valence-electron chi connectivity index (χ4n) is 0.962. The number of guanidine groups is 1. The summed E-state index contributed by atoms with van der Waals surface area (Å²) in [6, 6.07) is 0. The number of nitrogens with zero attached hydrogens (tertiary/aromatic N) is 3. The number of thiol groups is 1. The maximum absolute atomic E-state index is 4.15. The highest BCUT2D eigenvalue weighted by atomic mass is 32.1. The van der Waals surface area contributed by atoms with Gasteiger partial charge in [-0.15, -0.1) is 0 Å². The Kier molecular flexibility index (Phi) is 5.11. The fourth-order valence-corrected chi connectivity index (χ4v) is 1.26. The zero-order valence-electron chi connectivity index (χ0n) is 7.70. The molecular weight excluding hydrogens is 158 g/mol. The van der Waals surface area contributed by atoms with E-state index in [0.29, 0.717) is 0 Å². The highest BCUT2D eigenvalue weighted by Gasteiger charge is 2.05. The molecule has 0 fully saturated rings. The van der Waals surface area contributed by atoms with Gasteiger partial charge in [0.05, 0.1) is 0 Å². The third-order valence-corrected chi connectivity index (χ3v) is 1.58. The summed E-state index contributed by atoms with van der Waals surface area (Å²) in [5.74, 6) is 1.84. The zero-order chi connectivity index (χ0) is 8.85. The summed E-state index contributed by atoms with van der Waals surface area (Å²) in [7, 11) is 7.78. The summed E-state index contributed by atoms with van der Waals surface area (Å²) < 4.78 is 0. The molecule has 66 valence electrons. The lowest BCUT2D eigenvalue weighted by atomic mass is 10.6. The second-order valence-corrected chi connectivity index (χ2v) is 3.01. The van der Waals surface area contributed by atoms with Gasteiger partial charge >= 0.3 is 0 Å². The van der Waals surface area contributed by atoms with Gasteiger partial charge in [-0.25, -0.2) is 0 Å². The minimum absolute atomic E-state index is 0.851. The molecule has 0 heterocycles. The lowest BCUT2D eigenvalue weighted by Gasteiger charge is -2.25. The predicted octanol–water partition coefficient (Wildman–Crippen LogP) is 0.395. The van der Waals surface area contributed by atoms with Crippen molar-refractivity contribution in [3.05, 3.63) is 0 Å². The van der Waals surface area contributed by atoms with Crippen LogP contribution in [0.15, 0.2) is 4.99 Å². The first kappa shape index (κ1) is 10.6. The second-order valence-electron chi connectivity index (χ2n) is 2.56. The summed E-state index contributed by atoms with van der Waals surface area (Å²) in [4.78, 5) is 8.21. The lowest BCUT2D eigenvalue weighted by molar-refractivity contribution is 0.443. The van der Waals surface area contributed by atoms with Crippen molar-refractivity contribution < 1.29 is 0 Å². The number of hydrogen-bond donors (Lipinski definition) is 1. The minimum Gasteiger partial charge on any atom is -0.349 e. The molecule has 0 aromatic carbocycles. The fraction of sp³-hybridized carbons (Fsp3) is 0.857. The molecule has 0 N–H and O–H groups in total. The van der Waals surface area contributed by atoms with Gasteiger partial charge in [-0.3, -0.25) is 4.99 Å². The van der Waals surface area contributed by atoms with Gasteiger partial charge in [-0.1, -0.05) is 0 Å². The van der Waals surface area contributed by atoms with Crippen LogP contribution in [0.4, 0.5) is 0 Å². The normalized spacial score (nSPS) is 11.5. The Morgan fingerprint density at radius 1 is 1.36 bits per heavy atom. The first-order chi connectivity index (χ1) is 5.13. The van der Waals surface area contributed by atoms with Crippen LogP contribution in [0.2, 0.25) is 0 Å². The van der Waals surface area contributed by atoms with E-state index in [4.69, 9.17) is 0 Å². The first-order valence-electron chi connectivity index (χ1n) is 3.59. The van der Waals surface area contributed by atoms with Crippen molar-refractivity contribution in [1.82, 2.24) is 9.80 Å². The quantitative estimate of drug-likeness (QED) is 0.372. The van der Waals surface area contributed by atoms with Crippen molar-refractivity contribution in [3.63, 3.8) is 0 Å². The van der Waals surface area contributed by atoms with E-state index in [0.717, 1.165) is 18.3 Å². The lowest BCUT2D eigenvalue weighted by Crippen LogP contribution is -2.38. The molecule has 3 nitrogen and oxygen atoms in total. The third-order valence-electron chi connectivity index (χ3n) is 1.38. The number of rotatable bonds is 2.